The monoisotopic (exact) mass is 237 g/mol. The summed E-state index contributed by atoms with van der Waals surface area (Å²) in [5.74, 6) is 0.0687. The van der Waals surface area contributed by atoms with Crippen molar-refractivity contribution >= 4 is 5.97 Å². The molecule has 1 aromatic rings. The average Bonchev–Trinajstić information content (AvgIpc) is 2.25. The normalized spacial score (nSPS) is 12.5. The van der Waals surface area contributed by atoms with Crippen molar-refractivity contribution in [3.63, 3.8) is 0 Å². The topological polar surface area (TPSA) is 72.5 Å². The summed E-state index contributed by atoms with van der Waals surface area (Å²) in [7, 11) is 0. The van der Waals surface area contributed by atoms with Crippen molar-refractivity contribution in [2.24, 2.45) is 11.7 Å². The highest BCUT2D eigenvalue weighted by molar-refractivity contribution is 5.75. The molecule has 4 heteroatoms. The fourth-order valence-corrected chi connectivity index (χ4v) is 1.38. The molecule has 0 unspecified atom stereocenters. The van der Waals surface area contributed by atoms with Gasteiger partial charge in [0.15, 0.2) is 0 Å². The smallest absolute Gasteiger partial charge is 0.323 e. The Kier molecular flexibility index (Phi) is 4.97. The van der Waals surface area contributed by atoms with Crippen LogP contribution in [0, 0.1) is 5.92 Å². The first-order valence-electron chi connectivity index (χ1n) is 5.69. The molecule has 0 saturated heterocycles. The number of carbonyl (C=O) groups is 1. The Morgan fingerprint density at radius 1 is 1.47 bits per heavy atom. The Balaban J connectivity index is 2.48. The maximum atomic E-state index is 11.5. The Labute approximate surface area is 101 Å². The summed E-state index contributed by atoms with van der Waals surface area (Å²) in [6, 6.07) is 6.02. The molecule has 0 bridgehead atoms. The molecule has 3 N–H and O–H groups in total. The molecule has 1 atom stereocenters. The van der Waals surface area contributed by atoms with Gasteiger partial charge in [-0.1, -0.05) is 26.0 Å². The number of carbonyl (C=O) groups excluding carboxylic acids is 1. The summed E-state index contributed by atoms with van der Waals surface area (Å²) in [5, 5.41) is 9.28. The van der Waals surface area contributed by atoms with Gasteiger partial charge in [0, 0.05) is 0 Å². The van der Waals surface area contributed by atoms with E-state index in [2.05, 4.69) is 0 Å². The molecule has 4 nitrogen and oxygen atoms in total. The summed E-state index contributed by atoms with van der Waals surface area (Å²) in [6.07, 6.45) is 0.366. The van der Waals surface area contributed by atoms with Crippen molar-refractivity contribution in [3.05, 3.63) is 29.8 Å². The fraction of sp³-hybridized carbons (Fsp3) is 0.462. The SMILES string of the molecule is CC(C)COC(=O)[C@@H](N)Cc1cccc(O)c1. The Morgan fingerprint density at radius 3 is 2.76 bits per heavy atom. The summed E-state index contributed by atoms with van der Waals surface area (Å²) in [4.78, 5) is 11.5. The number of phenols is 1. The van der Waals surface area contributed by atoms with E-state index in [0.29, 0.717) is 18.9 Å². The molecular weight excluding hydrogens is 218 g/mol. The van der Waals surface area contributed by atoms with Crippen LogP contribution >= 0.6 is 0 Å². The summed E-state index contributed by atoms with van der Waals surface area (Å²) >= 11 is 0. The third-order valence-corrected chi connectivity index (χ3v) is 2.23. The van der Waals surface area contributed by atoms with Crippen LogP contribution < -0.4 is 5.73 Å². The zero-order valence-electron chi connectivity index (χ0n) is 10.2. The largest absolute Gasteiger partial charge is 0.508 e. The van der Waals surface area contributed by atoms with Gasteiger partial charge >= 0.3 is 5.97 Å². The van der Waals surface area contributed by atoms with Crippen molar-refractivity contribution in [3.8, 4) is 5.75 Å². The number of rotatable bonds is 5. The van der Waals surface area contributed by atoms with E-state index in [1.54, 1.807) is 18.2 Å². The molecule has 0 saturated carbocycles. The fourth-order valence-electron chi connectivity index (χ4n) is 1.38. The first kappa shape index (κ1) is 13.5. The Bertz CT molecular complexity index is 377. The summed E-state index contributed by atoms with van der Waals surface area (Å²) in [5.41, 5.74) is 6.55. The lowest BCUT2D eigenvalue weighted by Crippen LogP contribution is -2.35. The predicted octanol–water partition coefficient (Wildman–Crippen LogP) is 1.46. The highest BCUT2D eigenvalue weighted by Crippen LogP contribution is 2.12. The molecule has 0 radical (unpaired) electrons. The molecular formula is C13H19NO3. The maximum Gasteiger partial charge on any atom is 0.323 e. The summed E-state index contributed by atoms with van der Waals surface area (Å²) < 4.78 is 5.04. The van der Waals surface area contributed by atoms with Crippen molar-refractivity contribution in [2.75, 3.05) is 6.61 Å². The first-order valence-corrected chi connectivity index (χ1v) is 5.69. The predicted molar refractivity (Wildman–Crippen MR) is 65.6 cm³/mol. The van der Waals surface area contributed by atoms with E-state index in [4.69, 9.17) is 10.5 Å². The minimum absolute atomic E-state index is 0.172. The maximum absolute atomic E-state index is 11.5. The van der Waals surface area contributed by atoms with E-state index < -0.39 is 12.0 Å². The van der Waals surface area contributed by atoms with Gasteiger partial charge in [0.2, 0.25) is 0 Å². The van der Waals surface area contributed by atoms with E-state index in [-0.39, 0.29) is 5.75 Å². The average molecular weight is 237 g/mol. The molecule has 94 valence electrons. The van der Waals surface area contributed by atoms with Crippen LogP contribution in [0.4, 0.5) is 0 Å². The minimum Gasteiger partial charge on any atom is -0.508 e. The van der Waals surface area contributed by atoms with Crippen LogP contribution in [0.15, 0.2) is 24.3 Å². The lowest BCUT2D eigenvalue weighted by molar-refractivity contribution is -0.146. The van der Waals surface area contributed by atoms with Crippen LogP contribution in [0.3, 0.4) is 0 Å². The van der Waals surface area contributed by atoms with Crippen molar-refractivity contribution in [1.29, 1.82) is 0 Å². The zero-order chi connectivity index (χ0) is 12.8. The van der Waals surface area contributed by atoms with E-state index in [1.165, 1.54) is 0 Å². The van der Waals surface area contributed by atoms with E-state index in [9.17, 15) is 9.90 Å². The molecule has 0 aliphatic heterocycles. The van der Waals surface area contributed by atoms with Crippen molar-refractivity contribution < 1.29 is 14.6 Å². The number of nitrogens with two attached hydrogens (primary N) is 1. The number of aromatic hydroxyl groups is 1. The van der Waals surface area contributed by atoms with E-state index in [0.717, 1.165) is 5.56 Å². The third-order valence-electron chi connectivity index (χ3n) is 2.23. The molecule has 0 heterocycles. The van der Waals surface area contributed by atoms with Gasteiger partial charge in [0.05, 0.1) is 6.61 Å². The molecule has 0 fully saturated rings. The van der Waals surface area contributed by atoms with Gasteiger partial charge in [-0.25, -0.2) is 0 Å². The number of benzene rings is 1. The van der Waals surface area contributed by atoms with Gasteiger partial charge in [-0.15, -0.1) is 0 Å². The molecule has 0 aromatic heterocycles. The Morgan fingerprint density at radius 2 is 2.18 bits per heavy atom. The van der Waals surface area contributed by atoms with Gasteiger partial charge in [0.25, 0.3) is 0 Å². The van der Waals surface area contributed by atoms with Crippen LogP contribution in [-0.4, -0.2) is 23.7 Å². The van der Waals surface area contributed by atoms with Gasteiger partial charge in [-0.3, -0.25) is 4.79 Å². The van der Waals surface area contributed by atoms with Gasteiger partial charge in [-0.05, 0) is 30.0 Å². The number of hydrogen-bond donors (Lipinski definition) is 2. The second kappa shape index (κ2) is 6.25. The second-order valence-electron chi connectivity index (χ2n) is 4.50. The lowest BCUT2D eigenvalue weighted by Gasteiger charge is -2.13. The molecule has 0 aliphatic rings. The number of ether oxygens (including phenoxy) is 1. The van der Waals surface area contributed by atoms with Crippen LogP contribution in [0.5, 0.6) is 5.75 Å². The minimum atomic E-state index is -0.685. The van der Waals surface area contributed by atoms with Crippen molar-refractivity contribution in [2.45, 2.75) is 26.3 Å². The second-order valence-corrected chi connectivity index (χ2v) is 4.50. The molecule has 0 aliphatic carbocycles. The van der Waals surface area contributed by atoms with E-state index >= 15 is 0 Å². The molecule has 1 aromatic carbocycles. The molecule has 17 heavy (non-hydrogen) atoms. The van der Waals surface area contributed by atoms with Crippen molar-refractivity contribution in [1.82, 2.24) is 0 Å². The first-order chi connectivity index (χ1) is 7.99. The van der Waals surface area contributed by atoms with Crippen LogP contribution in [-0.2, 0) is 16.0 Å². The zero-order valence-corrected chi connectivity index (χ0v) is 10.2. The highest BCUT2D eigenvalue weighted by atomic mass is 16.5. The number of phenolic OH excluding ortho intramolecular Hbond substituents is 1. The van der Waals surface area contributed by atoms with Gasteiger partial charge < -0.3 is 15.6 Å². The molecule has 0 spiro atoms. The van der Waals surface area contributed by atoms with Gasteiger partial charge in [-0.2, -0.15) is 0 Å². The quantitative estimate of drug-likeness (QED) is 0.760. The molecule has 0 amide bonds. The van der Waals surface area contributed by atoms with Gasteiger partial charge in [0.1, 0.15) is 11.8 Å². The number of hydrogen-bond acceptors (Lipinski definition) is 4. The van der Waals surface area contributed by atoms with Crippen LogP contribution in [0.25, 0.3) is 0 Å². The van der Waals surface area contributed by atoms with Crippen LogP contribution in [0.2, 0.25) is 0 Å². The standard InChI is InChI=1S/C13H19NO3/c1-9(2)8-17-13(16)12(14)7-10-4-3-5-11(15)6-10/h3-6,9,12,15H,7-8,14H2,1-2H3/t12-/m0/s1. The third kappa shape index (κ3) is 4.87. The highest BCUT2D eigenvalue weighted by Gasteiger charge is 2.16. The lowest BCUT2D eigenvalue weighted by atomic mass is 10.1. The Hall–Kier alpha value is -1.55. The molecule has 1 rings (SSSR count). The summed E-state index contributed by atoms with van der Waals surface area (Å²) in [6.45, 7) is 4.31. The van der Waals surface area contributed by atoms with E-state index in [1.807, 2.05) is 19.9 Å². The van der Waals surface area contributed by atoms with Crippen LogP contribution in [0.1, 0.15) is 19.4 Å². The number of esters is 1.